The molecule has 2 heterocycles. The number of carbonyl (C=O) groups is 2. The van der Waals surface area contributed by atoms with E-state index in [2.05, 4.69) is 17.6 Å². The Bertz CT molecular complexity index is 1150. The van der Waals surface area contributed by atoms with Crippen LogP contribution in [-0.4, -0.2) is 18.4 Å². The van der Waals surface area contributed by atoms with Crippen LogP contribution in [0.3, 0.4) is 0 Å². The van der Waals surface area contributed by atoms with Gasteiger partial charge in [-0.25, -0.2) is 0 Å². The number of carbonyl (C=O) groups excluding carboxylic acids is 2. The second-order valence-electron chi connectivity index (χ2n) is 8.10. The number of thiophene rings is 1. The van der Waals surface area contributed by atoms with Gasteiger partial charge >= 0.3 is 0 Å². The maximum atomic E-state index is 13.1. The number of ether oxygens (including phenoxy) is 1. The van der Waals surface area contributed by atoms with Crippen LogP contribution in [0.5, 0.6) is 5.75 Å². The molecule has 2 aromatic heterocycles. The van der Waals surface area contributed by atoms with Crippen molar-refractivity contribution in [3.63, 3.8) is 0 Å². The lowest BCUT2D eigenvalue weighted by Gasteiger charge is -2.13. The molecule has 0 aliphatic heterocycles. The minimum Gasteiger partial charge on any atom is -0.490 e. The highest BCUT2D eigenvalue weighted by Gasteiger charge is 2.27. The van der Waals surface area contributed by atoms with E-state index < -0.39 is 0 Å². The van der Waals surface area contributed by atoms with Crippen molar-refractivity contribution in [3.05, 3.63) is 67.9 Å². The van der Waals surface area contributed by atoms with Gasteiger partial charge in [-0.2, -0.15) is 0 Å². The highest BCUT2D eigenvalue weighted by molar-refractivity contribution is 7.17. The van der Waals surface area contributed by atoms with Gasteiger partial charge in [0.15, 0.2) is 5.75 Å². The van der Waals surface area contributed by atoms with Crippen molar-refractivity contribution in [2.24, 2.45) is 0 Å². The normalized spacial score (nSPS) is 12.8. The molecule has 0 spiro atoms. The van der Waals surface area contributed by atoms with E-state index in [0.29, 0.717) is 34.2 Å². The Labute approximate surface area is 212 Å². The first-order chi connectivity index (χ1) is 16.5. The Morgan fingerprint density at radius 1 is 1.15 bits per heavy atom. The maximum Gasteiger partial charge on any atom is 0.256 e. The minimum absolute atomic E-state index is 0.234. The minimum atomic E-state index is -0.386. The van der Waals surface area contributed by atoms with Crippen LogP contribution in [0.25, 0.3) is 0 Å². The van der Waals surface area contributed by atoms with E-state index in [-0.39, 0.29) is 28.4 Å². The SMILES string of the molecule is CCCCOc1c(Cl)cc(C(=O)Nc2sc3c(c2C(=O)NCc2ccco2)CCCC3)cc1Cl. The molecule has 1 aliphatic rings. The second kappa shape index (κ2) is 11.3. The summed E-state index contributed by atoms with van der Waals surface area (Å²) < 4.78 is 11.0. The zero-order valence-corrected chi connectivity index (χ0v) is 21.2. The van der Waals surface area contributed by atoms with Gasteiger partial charge in [0.2, 0.25) is 0 Å². The number of hydrogen-bond donors (Lipinski definition) is 2. The van der Waals surface area contributed by atoms with Crippen LogP contribution in [-0.2, 0) is 19.4 Å². The first-order valence-corrected chi connectivity index (χ1v) is 12.9. The van der Waals surface area contributed by atoms with Crippen LogP contribution >= 0.6 is 34.5 Å². The highest BCUT2D eigenvalue weighted by Crippen LogP contribution is 2.39. The molecule has 34 heavy (non-hydrogen) atoms. The summed E-state index contributed by atoms with van der Waals surface area (Å²) in [5.41, 5.74) is 1.83. The number of fused-ring (bicyclic) bond motifs is 1. The summed E-state index contributed by atoms with van der Waals surface area (Å²) in [5.74, 6) is 0.413. The molecule has 0 radical (unpaired) electrons. The van der Waals surface area contributed by atoms with Crippen molar-refractivity contribution in [3.8, 4) is 5.75 Å². The van der Waals surface area contributed by atoms with Crippen molar-refractivity contribution in [2.75, 3.05) is 11.9 Å². The lowest BCUT2D eigenvalue weighted by atomic mass is 9.95. The number of amides is 2. The first kappa shape index (κ1) is 24.6. The Hall–Kier alpha value is -2.48. The fraction of sp³-hybridized carbons (Fsp3) is 0.360. The average Bonchev–Trinajstić information content (AvgIpc) is 3.46. The van der Waals surface area contributed by atoms with E-state index in [1.165, 1.54) is 23.5 Å². The van der Waals surface area contributed by atoms with E-state index >= 15 is 0 Å². The zero-order valence-electron chi connectivity index (χ0n) is 18.8. The number of anilines is 1. The molecule has 2 N–H and O–H groups in total. The van der Waals surface area contributed by atoms with Gasteiger partial charge in [0.05, 0.1) is 35.0 Å². The van der Waals surface area contributed by atoms with Crippen molar-refractivity contribution in [1.82, 2.24) is 5.32 Å². The Kier molecular flexibility index (Phi) is 8.19. The average molecular weight is 521 g/mol. The molecule has 180 valence electrons. The van der Waals surface area contributed by atoms with E-state index in [1.807, 2.05) is 0 Å². The smallest absolute Gasteiger partial charge is 0.256 e. The van der Waals surface area contributed by atoms with Gasteiger partial charge in [-0.05, 0) is 61.9 Å². The Morgan fingerprint density at radius 3 is 2.62 bits per heavy atom. The fourth-order valence-electron chi connectivity index (χ4n) is 3.89. The number of furan rings is 1. The molecule has 1 aromatic carbocycles. The largest absolute Gasteiger partial charge is 0.490 e. The Balaban J connectivity index is 1.55. The predicted octanol–water partition coefficient (Wildman–Crippen LogP) is 6.89. The molecule has 1 aliphatic carbocycles. The molecule has 3 aromatic rings. The van der Waals surface area contributed by atoms with Crippen LogP contribution in [0.1, 0.15) is 69.5 Å². The lowest BCUT2D eigenvalue weighted by molar-refractivity contribution is 0.0948. The third-order valence-corrected chi connectivity index (χ3v) is 7.40. The monoisotopic (exact) mass is 520 g/mol. The number of rotatable bonds is 9. The van der Waals surface area contributed by atoms with Crippen LogP contribution in [0.15, 0.2) is 34.9 Å². The number of nitrogens with one attached hydrogen (secondary N) is 2. The third-order valence-electron chi connectivity index (χ3n) is 5.63. The van der Waals surface area contributed by atoms with Gasteiger partial charge in [-0.1, -0.05) is 36.5 Å². The van der Waals surface area contributed by atoms with Gasteiger partial charge in [0.1, 0.15) is 10.8 Å². The second-order valence-corrected chi connectivity index (χ2v) is 10.0. The molecular weight excluding hydrogens is 495 g/mol. The molecule has 0 saturated carbocycles. The van der Waals surface area contributed by atoms with Crippen molar-refractivity contribution < 1.29 is 18.7 Å². The summed E-state index contributed by atoms with van der Waals surface area (Å²) in [5, 5.41) is 6.91. The van der Waals surface area contributed by atoms with Crippen LogP contribution in [0.4, 0.5) is 5.00 Å². The van der Waals surface area contributed by atoms with E-state index in [0.717, 1.165) is 49.0 Å². The molecule has 0 unspecified atom stereocenters. The van der Waals surface area contributed by atoms with Gasteiger partial charge in [-0.3, -0.25) is 9.59 Å². The predicted molar refractivity (Wildman–Crippen MR) is 136 cm³/mol. The number of unbranched alkanes of at least 4 members (excludes halogenated alkanes) is 1. The van der Waals surface area contributed by atoms with E-state index in [4.69, 9.17) is 32.4 Å². The van der Waals surface area contributed by atoms with Gasteiger partial charge in [-0.15, -0.1) is 11.3 Å². The summed E-state index contributed by atoms with van der Waals surface area (Å²) in [6, 6.07) is 6.65. The standard InChI is InChI=1S/C25H26Cl2N2O4S/c1-2-3-10-33-22-18(26)12-15(13-19(22)27)23(30)29-25-21(17-8-4-5-9-20(17)34-25)24(31)28-14-16-7-6-11-32-16/h6-7,11-13H,2-5,8-10,14H2,1H3,(H,28,31)(H,29,30). The van der Waals surface area contributed by atoms with Gasteiger partial charge < -0.3 is 19.8 Å². The zero-order chi connectivity index (χ0) is 24.1. The molecular formula is C25H26Cl2N2O4S. The van der Waals surface area contributed by atoms with Crippen molar-refractivity contribution in [2.45, 2.75) is 52.0 Å². The summed E-state index contributed by atoms with van der Waals surface area (Å²) in [4.78, 5) is 27.4. The first-order valence-electron chi connectivity index (χ1n) is 11.4. The molecule has 9 heteroatoms. The number of benzene rings is 1. The summed E-state index contributed by atoms with van der Waals surface area (Å²) in [6.45, 7) is 2.83. The lowest BCUT2D eigenvalue weighted by Crippen LogP contribution is -2.25. The van der Waals surface area contributed by atoms with Crippen LogP contribution in [0, 0.1) is 0 Å². The fourth-order valence-corrected chi connectivity index (χ4v) is 5.76. The van der Waals surface area contributed by atoms with E-state index in [1.54, 1.807) is 18.4 Å². The summed E-state index contributed by atoms with van der Waals surface area (Å²) in [7, 11) is 0. The molecule has 0 bridgehead atoms. The molecule has 2 amide bonds. The van der Waals surface area contributed by atoms with Crippen LogP contribution < -0.4 is 15.4 Å². The molecule has 6 nitrogen and oxygen atoms in total. The quantitative estimate of drug-likeness (QED) is 0.301. The maximum absolute atomic E-state index is 13.1. The Morgan fingerprint density at radius 2 is 1.91 bits per heavy atom. The third kappa shape index (κ3) is 5.59. The van der Waals surface area contributed by atoms with Gasteiger partial charge in [0.25, 0.3) is 11.8 Å². The van der Waals surface area contributed by atoms with Crippen LogP contribution in [0.2, 0.25) is 10.0 Å². The number of hydrogen-bond acceptors (Lipinski definition) is 5. The summed E-state index contributed by atoms with van der Waals surface area (Å²) >= 11 is 14.2. The van der Waals surface area contributed by atoms with Crippen molar-refractivity contribution in [1.29, 1.82) is 0 Å². The number of aryl methyl sites for hydroxylation is 1. The number of halogens is 2. The highest BCUT2D eigenvalue weighted by atomic mass is 35.5. The molecule has 0 atom stereocenters. The molecule has 4 rings (SSSR count). The molecule has 0 saturated heterocycles. The topological polar surface area (TPSA) is 80.6 Å². The van der Waals surface area contributed by atoms with Crippen molar-refractivity contribution >= 4 is 51.4 Å². The molecule has 0 fully saturated rings. The van der Waals surface area contributed by atoms with Gasteiger partial charge in [0, 0.05) is 10.4 Å². The summed E-state index contributed by atoms with van der Waals surface area (Å²) in [6.07, 6.45) is 7.22. The van der Waals surface area contributed by atoms with E-state index in [9.17, 15) is 9.59 Å².